The van der Waals surface area contributed by atoms with Gasteiger partial charge < -0.3 is 23.4 Å². The number of fused-ring (bicyclic) bond motifs is 1. The third kappa shape index (κ3) is 6.96. The van der Waals surface area contributed by atoms with E-state index in [9.17, 15) is 0 Å². The molecule has 0 aliphatic carbocycles. The van der Waals surface area contributed by atoms with Crippen molar-refractivity contribution in [1.29, 1.82) is 0 Å². The van der Waals surface area contributed by atoms with E-state index in [-0.39, 0.29) is 23.4 Å². The Hall–Kier alpha value is -2.58. The minimum Gasteiger partial charge on any atom is -0.407 e. The Morgan fingerprint density at radius 1 is 0.810 bits per heavy atom. The van der Waals surface area contributed by atoms with Crippen molar-refractivity contribution in [1.82, 2.24) is 0 Å². The zero-order valence-corrected chi connectivity index (χ0v) is 26.7. The molecule has 0 saturated carbocycles. The van der Waals surface area contributed by atoms with Gasteiger partial charge >= 0.3 is 0 Å². The van der Waals surface area contributed by atoms with E-state index >= 15 is 0 Å². The van der Waals surface area contributed by atoms with Gasteiger partial charge in [-0.1, -0.05) is 124 Å². The second kappa shape index (κ2) is 13.4. The number of allylic oxidation sites excluding steroid dienone is 1. The van der Waals surface area contributed by atoms with Gasteiger partial charge in [-0.25, -0.2) is 0 Å². The number of unbranched alkanes of at least 4 members (excludes halogenated alkanes) is 2. The Morgan fingerprint density at radius 2 is 1.40 bits per heavy atom. The maximum Gasteiger partial charge on any atom is 0.261 e. The Bertz CT molecular complexity index is 1230. The standard InChI is InChI=1S/C36H46O5Si/c1-35(2,3)42(29-21-13-9-14-22-29,30-23-15-10-16-24-30)38-26-18-7-6-17-25-31-32(37-27-28-19-11-8-12-20-28)33-34(39-31)41-36(4,5)40-33/h8-17,19-25,31-34H,6-7,18,26-27H2,1-5H3/b25-17+/t31-,32+,33-,34-/m1/s1. The summed E-state index contributed by atoms with van der Waals surface area (Å²) in [5.41, 5.74) is 1.13. The van der Waals surface area contributed by atoms with E-state index in [1.807, 2.05) is 32.0 Å². The van der Waals surface area contributed by atoms with Crippen LogP contribution in [0.2, 0.25) is 5.04 Å². The molecular formula is C36H46O5Si. The molecular weight excluding hydrogens is 540 g/mol. The summed E-state index contributed by atoms with van der Waals surface area (Å²) in [6.07, 6.45) is 6.17. The van der Waals surface area contributed by atoms with E-state index < -0.39 is 20.4 Å². The molecule has 0 amide bonds. The van der Waals surface area contributed by atoms with E-state index in [0.717, 1.165) is 31.4 Å². The highest BCUT2D eigenvalue weighted by Gasteiger charge is 2.55. The summed E-state index contributed by atoms with van der Waals surface area (Å²) >= 11 is 0. The number of rotatable bonds is 12. The molecule has 2 fully saturated rings. The molecule has 2 saturated heterocycles. The summed E-state index contributed by atoms with van der Waals surface area (Å²) in [5.74, 6) is -0.677. The summed E-state index contributed by atoms with van der Waals surface area (Å²) in [5, 5.41) is 2.63. The van der Waals surface area contributed by atoms with Crippen molar-refractivity contribution >= 4 is 18.7 Å². The molecule has 5 nitrogen and oxygen atoms in total. The molecule has 5 rings (SSSR count). The average molecular weight is 587 g/mol. The molecule has 0 N–H and O–H groups in total. The van der Waals surface area contributed by atoms with Crippen LogP contribution in [0.25, 0.3) is 0 Å². The Labute approximate surface area is 252 Å². The van der Waals surface area contributed by atoms with E-state index in [0.29, 0.717) is 6.61 Å². The van der Waals surface area contributed by atoms with E-state index in [2.05, 4.69) is 106 Å². The molecule has 4 atom stereocenters. The largest absolute Gasteiger partial charge is 0.407 e. The van der Waals surface area contributed by atoms with Crippen molar-refractivity contribution < 1.29 is 23.4 Å². The zero-order chi connectivity index (χ0) is 29.6. The topological polar surface area (TPSA) is 46.2 Å². The Balaban J connectivity index is 1.19. The van der Waals surface area contributed by atoms with Gasteiger partial charge in [0, 0.05) is 6.61 Å². The van der Waals surface area contributed by atoms with Crippen molar-refractivity contribution in [3.8, 4) is 0 Å². The molecule has 0 bridgehead atoms. The summed E-state index contributed by atoms with van der Waals surface area (Å²) in [6.45, 7) is 12.0. The number of hydrogen-bond acceptors (Lipinski definition) is 5. The van der Waals surface area contributed by atoms with Crippen LogP contribution >= 0.6 is 0 Å². The quantitative estimate of drug-likeness (QED) is 0.133. The maximum atomic E-state index is 7.04. The summed E-state index contributed by atoms with van der Waals surface area (Å²) in [7, 11) is -2.49. The predicted molar refractivity (Wildman–Crippen MR) is 170 cm³/mol. The van der Waals surface area contributed by atoms with Crippen molar-refractivity contribution in [2.75, 3.05) is 6.61 Å². The third-order valence-electron chi connectivity index (χ3n) is 8.14. The molecule has 0 unspecified atom stereocenters. The highest BCUT2D eigenvalue weighted by atomic mass is 28.4. The van der Waals surface area contributed by atoms with Gasteiger partial charge in [-0.3, -0.25) is 0 Å². The number of ether oxygens (including phenoxy) is 4. The first-order chi connectivity index (χ1) is 20.2. The van der Waals surface area contributed by atoms with Crippen LogP contribution in [0, 0.1) is 0 Å². The SMILES string of the molecule is CC1(C)O[C@H]2O[C@H](/C=C/CCCCO[Si](c3ccccc3)(c3ccccc3)C(C)(C)C)[C@H](OCc3ccccc3)[C@H]2O1. The fourth-order valence-corrected chi connectivity index (χ4v) is 10.8. The monoisotopic (exact) mass is 586 g/mol. The second-order valence-corrected chi connectivity index (χ2v) is 17.1. The van der Waals surface area contributed by atoms with Gasteiger partial charge in [0.15, 0.2) is 12.1 Å². The van der Waals surface area contributed by atoms with Gasteiger partial charge in [0.2, 0.25) is 0 Å². The van der Waals surface area contributed by atoms with Gasteiger partial charge in [0.1, 0.15) is 18.3 Å². The van der Waals surface area contributed by atoms with Gasteiger partial charge in [0.05, 0.1) is 6.61 Å². The molecule has 6 heteroatoms. The van der Waals surface area contributed by atoms with Gasteiger partial charge in [-0.05, 0) is 54.1 Å². The predicted octanol–water partition coefficient (Wildman–Crippen LogP) is 6.75. The van der Waals surface area contributed by atoms with E-state index in [4.69, 9.17) is 23.4 Å². The van der Waals surface area contributed by atoms with Crippen LogP contribution < -0.4 is 10.4 Å². The lowest BCUT2D eigenvalue weighted by molar-refractivity contribution is -0.213. The minimum absolute atomic E-state index is 0.0129. The molecule has 3 aromatic rings. The van der Waals surface area contributed by atoms with Crippen LogP contribution in [0.1, 0.15) is 59.4 Å². The van der Waals surface area contributed by atoms with Crippen molar-refractivity contribution in [2.45, 2.75) is 95.9 Å². The van der Waals surface area contributed by atoms with Crippen LogP contribution in [0.4, 0.5) is 0 Å². The first-order valence-corrected chi connectivity index (χ1v) is 17.2. The molecule has 0 spiro atoms. The smallest absolute Gasteiger partial charge is 0.261 e. The summed E-state index contributed by atoms with van der Waals surface area (Å²) in [6, 6.07) is 31.9. The van der Waals surface area contributed by atoms with Crippen LogP contribution in [-0.2, 0) is 30.0 Å². The van der Waals surface area contributed by atoms with Crippen molar-refractivity contribution in [3.63, 3.8) is 0 Å². The molecule has 2 heterocycles. The lowest BCUT2D eigenvalue weighted by Gasteiger charge is -2.43. The normalized spacial score (nSPS) is 23.8. The second-order valence-electron chi connectivity index (χ2n) is 12.8. The van der Waals surface area contributed by atoms with Crippen LogP contribution in [-0.4, -0.2) is 45.3 Å². The van der Waals surface area contributed by atoms with Crippen molar-refractivity contribution in [2.24, 2.45) is 0 Å². The van der Waals surface area contributed by atoms with E-state index in [1.165, 1.54) is 10.4 Å². The van der Waals surface area contributed by atoms with Gasteiger partial charge in [-0.15, -0.1) is 0 Å². The molecule has 0 aromatic heterocycles. The summed E-state index contributed by atoms with van der Waals surface area (Å²) in [4.78, 5) is 0. The van der Waals surface area contributed by atoms with Crippen LogP contribution in [0.5, 0.6) is 0 Å². The molecule has 2 aliphatic heterocycles. The number of benzene rings is 3. The molecule has 0 radical (unpaired) electrons. The molecule has 2 aliphatic rings. The first kappa shape index (κ1) is 30.9. The van der Waals surface area contributed by atoms with E-state index in [1.54, 1.807) is 0 Å². The average Bonchev–Trinajstić information content (AvgIpc) is 3.45. The fraction of sp³-hybridized carbons (Fsp3) is 0.444. The first-order valence-electron chi connectivity index (χ1n) is 15.3. The number of hydrogen-bond donors (Lipinski definition) is 0. The minimum atomic E-state index is -2.49. The van der Waals surface area contributed by atoms with Crippen LogP contribution in [0.3, 0.4) is 0 Å². The maximum absolute atomic E-state index is 7.04. The zero-order valence-electron chi connectivity index (χ0n) is 25.7. The lowest BCUT2D eigenvalue weighted by Crippen LogP contribution is -2.66. The Morgan fingerprint density at radius 3 is 2.00 bits per heavy atom. The molecule has 224 valence electrons. The molecule has 42 heavy (non-hydrogen) atoms. The molecule has 3 aromatic carbocycles. The third-order valence-corrected chi connectivity index (χ3v) is 13.2. The van der Waals surface area contributed by atoms with Gasteiger partial charge in [-0.2, -0.15) is 0 Å². The lowest BCUT2D eigenvalue weighted by atomic mass is 10.1. The fourth-order valence-electron chi connectivity index (χ4n) is 6.20. The van der Waals surface area contributed by atoms with Crippen LogP contribution in [0.15, 0.2) is 103 Å². The highest BCUT2D eigenvalue weighted by molar-refractivity contribution is 6.99. The van der Waals surface area contributed by atoms with Crippen molar-refractivity contribution in [3.05, 3.63) is 109 Å². The Kier molecular flexibility index (Phi) is 9.83. The summed E-state index contributed by atoms with van der Waals surface area (Å²) < 4.78 is 31.8. The van der Waals surface area contributed by atoms with Gasteiger partial charge in [0.25, 0.3) is 8.32 Å². The highest BCUT2D eigenvalue weighted by Crippen LogP contribution is 2.40.